The molecule has 0 radical (unpaired) electrons. The molecule has 0 saturated heterocycles. The zero-order chi connectivity index (χ0) is 18.8. The third-order valence-corrected chi connectivity index (χ3v) is 6.33. The molecule has 2 saturated carbocycles. The quantitative estimate of drug-likeness (QED) is 0.458. The molecule has 142 valence electrons. The van der Waals surface area contributed by atoms with Gasteiger partial charge in [0.15, 0.2) is 0 Å². The van der Waals surface area contributed by atoms with Crippen molar-refractivity contribution in [2.24, 2.45) is 35.5 Å². The lowest BCUT2D eigenvalue weighted by atomic mass is 9.94. The van der Waals surface area contributed by atoms with Gasteiger partial charge in [-0.05, 0) is 61.5 Å². The number of rotatable bonds is 3. The molecule has 0 spiro atoms. The second kappa shape index (κ2) is 7.71. The van der Waals surface area contributed by atoms with Gasteiger partial charge < -0.3 is 9.47 Å². The second-order valence-corrected chi connectivity index (χ2v) is 8.03. The fraction of sp³-hybridized carbons (Fsp3) is 0.478. The van der Waals surface area contributed by atoms with Crippen molar-refractivity contribution >= 4 is 11.9 Å². The maximum atomic E-state index is 11.9. The highest BCUT2D eigenvalue weighted by atomic mass is 16.5. The Morgan fingerprint density at radius 3 is 1.78 bits per heavy atom. The van der Waals surface area contributed by atoms with E-state index in [9.17, 15) is 9.59 Å². The second-order valence-electron chi connectivity index (χ2n) is 8.03. The van der Waals surface area contributed by atoms with E-state index >= 15 is 0 Å². The molecular formula is C23H26O4. The summed E-state index contributed by atoms with van der Waals surface area (Å²) in [6.45, 7) is 0. The summed E-state index contributed by atoms with van der Waals surface area (Å²) < 4.78 is 10.1. The summed E-state index contributed by atoms with van der Waals surface area (Å²) >= 11 is 0. The maximum absolute atomic E-state index is 11.9. The van der Waals surface area contributed by atoms with Crippen molar-refractivity contribution in [2.75, 3.05) is 7.11 Å². The van der Waals surface area contributed by atoms with Gasteiger partial charge in [-0.15, -0.1) is 0 Å². The zero-order valence-corrected chi connectivity index (χ0v) is 15.6. The minimum absolute atomic E-state index is 0.0261. The highest BCUT2D eigenvalue weighted by molar-refractivity contribution is 5.76. The van der Waals surface area contributed by atoms with Gasteiger partial charge in [-0.3, -0.25) is 9.59 Å². The summed E-state index contributed by atoms with van der Waals surface area (Å²) in [5.74, 6) is 2.96. The minimum atomic E-state index is -0.0666. The van der Waals surface area contributed by atoms with E-state index in [-0.39, 0.29) is 23.8 Å². The number of hydrogen-bond donors (Lipinski definition) is 0. The first-order valence-corrected chi connectivity index (χ1v) is 9.85. The van der Waals surface area contributed by atoms with Crippen LogP contribution < -0.4 is 4.74 Å². The third-order valence-electron chi connectivity index (χ3n) is 6.33. The number of methoxy groups -OCH3 is 1. The van der Waals surface area contributed by atoms with E-state index in [0.29, 0.717) is 29.4 Å². The van der Waals surface area contributed by atoms with Crippen molar-refractivity contribution in [3.8, 4) is 5.75 Å². The van der Waals surface area contributed by atoms with Crippen LogP contribution in [0.15, 0.2) is 54.6 Å². The number of allylic oxidation sites excluding steroid dienone is 4. The Balaban J connectivity index is 0.000000143. The van der Waals surface area contributed by atoms with Crippen molar-refractivity contribution in [1.82, 2.24) is 0 Å². The standard InChI is InChI=1S/C14H14O2.C9H12O2/c15-14(16-12-4-2-1-3-5-12)13-9-10-6-7-11(13)8-10;1-11-9(10)8-5-6-2-3-7(8)4-6/h1-7,10-11,13H,8-9H2;2-3,6-8H,4-5H2,1H3. The molecule has 6 atom stereocenters. The lowest BCUT2D eigenvalue weighted by molar-refractivity contribution is -0.146. The fourth-order valence-electron chi connectivity index (χ4n) is 4.94. The summed E-state index contributed by atoms with van der Waals surface area (Å²) in [6.07, 6.45) is 13.1. The van der Waals surface area contributed by atoms with Gasteiger partial charge in [0.25, 0.3) is 0 Å². The summed E-state index contributed by atoms with van der Waals surface area (Å²) in [5, 5.41) is 0. The van der Waals surface area contributed by atoms with Gasteiger partial charge >= 0.3 is 11.9 Å². The Morgan fingerprint density at radius 2 is 1.33 bits per heavy atom. The first-order chi connectivity index (χ1) is 13.1. The van der Waals surface area contributed by atoms with Crippen LogP contribution in [0.1, 0.15) is 25.7 Å². The number of fused-ring (bicyclic) bond motifs is 4. The maximum Gasteiger partial charge on any atom is 0.314 e. The molecule has 1 aromatic carbocycles. The average Bonchev–Trinajstić information content (AvgIpc) is 3.49. The molecule has 27 heavy (non-hydrogen) atoms. The van der Waals surface area contributed by atoms with Crippen LogP contribution in [0, 0.1) is 35.5 Å². The Labute approximate surface area is 160 Å². The number of esters is 2. The van der Waals surface area contributed by atoms with Crippen LogP contribution >= 0.6 is 0 Å². The third kappa shape index (κ3) is 3.85. The molecule has 0 heterocycles. The molecule has 4 aliphatic rings. The molecule has 1 aromatic rings. The van der Waals surface area contributed by atoms with Gasteiger partial charge in [0.2, 0.25) is 0 Å². The highest BCUT2D eigenvalue weighted by Crippen LogP contribution is 2.44. The van der Waals surface area contributed by atoms with Crippen molar-refractivity contribution in [3.63, 3.8) is 0 Å². The molecule has 4 heteroatoms. The summed E-state index contributed by atoms with van der Waals surface area (Å²) in [4.78, 5) is 23.1. The number of ether oxygens (including phenoxy) is 2. The van der Waals surface area contributed by atoms with Crippen LogP contribution in [0.25, 0.3) is 0 Å². The smallest absolute Gasteiger partial charge is 0.314 e. The van der Waals surface area contributed by atoms with E-state index in [1.807, 2.05) is 30.3 Å². The Bertz CT molecular complexity index is 751. The van der Waals surface area contributed by atoms with E-state index in [0.717, 1.165) is 19.3 Å². The molecule has 0 N–H and O–H groups in total. The summed E-state index contributed by atoms with van der Waals surface area (Å²) in [6, 6.07) is 9.31. The first kappa shape index (κ1) is 18.0. The number of hydrogen-bond acceptors (Lipinski definition) is 4. The number of benzene rings is 1. The van der Waals surface area contributed by atoms with E-state index in [2.05, 4.69) is 24.3 Å². The summed E-state index contributed by atoms with van der Waals surface area (Å²) in [7, 11) is 1.47. The topological polar surface area (TPSA) is 52.6 Å². The van der Waals surface area contributed by atoms with E-state index in [1.165, 1.54) is 13.5 Å². The lowest BCUT2D eigenvalue weighted by Gasteiger charge is -2.16. The number of carbonyl (C=O) groups excluding carboxylic acids is 2. The Morgan fingerprint density at radius 1 is 0.778 bits per heavy atom. The Hall–Kier alpha value is -2.36. The summed E-state index contributed by atoms with van der Waals surface area (Å²) in [5.41, 5.74) is 0. The van der Waals surface area contributed by atoms with Crippen LogP contribution in [0.3, 0.4) is 0 Å². The average molecular weight is 366 g/mol. The van der Waals surface area contributed by atoms with Crippen LogP contribution in [0.4, 0.5) is 0 Å². The molecule has 0 amide bonds. The minimum Gasteiger partial charge on any atom is -0.469 e. The van der Waals surface area contributed by atoms with Gasteiger partial charge in [0.05, 0.1) is 18.9 Å². The molecule has 2 fully saturated rings. The lowest BCUT2D eigenvalue weighted by Crippen LogP contribution is -2.23. The largest absolute Gasteiger partial charge is 0.469 e. The number of para-hydroxylation sites is 1. The molecule has 0 aromatic heterocycles. The molecule has 4 nitrogen and oxygen atoms in total. The zero-order valence-electron chi connectivity index (χ0n) is 15.6. The van der Waals surface area contributed by atoms with Crippen LogP contribution in [-0.2, 0) is 14.3 Å². The van der Waals surface area contributed by atoms with Gasteiger partial charge in [0, 0.05) is 0 Å². The van der Waals surface area contributed by atoms with Gasteiger partial charge in [-0.25, -0.2) is 0 Å². The predicted molar refractivity (Wildman–Crippen MR) is 102 cm³/mol. The normalized spacial score (nSPS) is 34.3. The molecule has 5 rings (SSSR count). The molecule has 6 unspecified atom stereocenters. The first-order valence-electron chi connectivity index (χ1n) is 9.85. The van der Waals surface area contributed by atoms with Crippen molar-refractivity contribution in [3.05, 3.63) is 54.6 Å². The van der Waals surface area contributed by atoms with Crippen molar-refractivity contribution in [2.45, 2.75) is 25.7 Å². The predicted octanol–water partition coefficient (Wildman–Crippen LogP) is 4.18. The molecule has 4 bridgehead atoms. The van der Waals surface area contributed by atoms with Gasteiger partial charge in [0.1, 0.15) is 5.75 Å². The molecular weight excluding hydrogens is 340 g/mol. The number of carbonyl (C=O) groups is 2. The molecule has 4 aliphatic carbocycles. The Kier molecular flexibility index (Phi) is 5.15. The van der Waals surface area contributed by atoms with E-state index < -0.39 is 0 Å². The van der Waals surface area contributed by atoms with Gasteiger partial charge in [-0.1, -0.05) is 42.5 Å². The van der Waals surface area contributed by atoms with Gasteiger partial charge in [-0.2, -0.15) is 0 Å². The monoisotopic (exact) mass is 366 g/mol. The molecule has 0 aliphatic heterocycles. The van der Waals surface area contributed by atoms with Crippen molar-refractivity contribution < 1.29 is 19.1 Å². The van der Waals surface area contributed by atoms with Crippen LogP contribution in [-0.4, -0.2) is 19.0 Å². The highest BCUT2D eigenvalue weighted by Gasteiger charge is 2.41. The SMILES string of the molecule is COC(=O)C1CC2C=CC1C2.O=C(Oc1ccccc1)C1CC2C=CC1C2. The van der Waals surface area contributed by atoms with E-state index in [1.54, 1.807) is 0 Å². The van der Waals surface area contributed by atoms with Crippen molar-refractivity contribution in [1.29, 1.82) is 0 Å². The van der Waals surface area contributed by atoms with Crippen LogP contribution in [0.5, 0.6) is 5.75 Å². The van der Waals surface area contributed by atoms with Crippen LogP contribution in [0.2, 0.25) is 0 Å². The van der Waals surface area contributed by atoms with E-state index in [4.69, 9.17) is 9.47 Å². The fourth-order valence-corrected chi connectivity index (χ4v) is 4.94.